The molecule has 0 radical (unpaired) electrons. The van der Waals surface area contributed by atoms with E-state index in [4.69, 9.17) is 9.47 Å². The second-order valence-electron chi connectivity index (χ2n) is 15.7. The van der Waals surface area contributed by atoms with E-state index in [2.05, 4.69) is 0 Å². The van der Waals surface area contributed by atoms with Gasteiger partial charge in [-0.25, -0.2) is 0 Å². The predicted molar refractivity (Wildman–Crippen MR) is 230 cm³/mol. The van der Waals surface area contributed by atoms with Crippen LogP contribution in [-0.4, -0.2) is 41.3 Å². The highest BCUT2D eigenvalue weighted by Gasteiger charge is 2.14. The van der Waals surface area contributed by atoms with E-state index in [1.54, 1.807) is 45.1 Å². The van der Waals surface area contributed by atoms with Crippen LogP contribution in [-0.2, 0) is 0 Å². The van der Waals surface area contributed by atoms with Gasteiger partial charge in [0.15, 0.2) is 11.6 Å². The highest BCUT2D eigenvalue weighted by atomic mass is 16.5. The van der Waals surface area contributed by atoms with Crippen molar-refractivity contribution in [1.82, 2.24) is 0 Å². The molecule has 0 aromatic heterocycles. The van der Waals surface area contributed by atoms with Crippen molar-refractivity contribution in [2.24, 2.45) is 11.8 Å². The van der Waals surface area contributed by atoms with Gasteiger partial charge in [0.1, 0.15) is 29.3 Å². The molecule has 2 aliphatic rings. The summed E-state index contributed by atoms with van der Waals surface area (Å²) in [5.74, 6) is 4.00. The molecule has 2 saturated carbocycles. The standard InChI is InChI=1S/C25H30O3.C16H22O2.C9H10O2/c1-18-16-21(17-19(2)25(18)27)8-13-24(26)22-9-11-23(12-10-22)28-15-14-20-6-4-3-5-7-20;1-13(17)15-7-9-16(10-8-15)18-12-11-14-5-3-2-4-6-14;1-6-3-8(5-10)4-7(2)9(6)11/h8-13,16-17,20,27H,3-7,14-15H2,1-2H3;7-10,14H,2-6,11-12H2,1H3;3-5,11H,1-2H3/b13-8+;;. The van der Waals surface area contributed by atoms with Crippen molar-refractivity contribution >= 4 is 23.9 Å². The van der Waals surface area contributed by atoms with E-state index in [-0.39, 0.29) is 17.3 Å². The maximum Gasteiger partial charge on any atom is 0.185 e. The zero-order valence-electron chi connectivity index (χ0n) is 34.7. The van der Waals surface area contributed by atoms with Gasteiger partial charge in [0.05, 0.1) is 13.2 Å². The normalized spacial score (nSPS) is 14.5. The van der Waals surface area contributed by atoms with Gasteiger partial charge in [0.25, 0.3) is 0 Å². The fourth-order valence-corrected chi connectivity index (χ4v) is 7.55. The molecular formula is C50H62O7. The van der Waals surface area contributed by atoms with Crippen LogP contribution in [0.5, 0.6) is 23.0 Å². The fourth-order valence-electron chi connectivity index (χ4n) is 7.55. The predicted octanol–water partition coefficient (Wildman–Crippen LogP) is 12.3. The molecule has 0 bridgehead atoms. The number of hydrogen-bond acceptors (Lipinski definition) is 7. The molecule has 2 fully saturated rings. The van der Waals surface area contributed by atoms with E-state index < -0.39 is 0 Å². The Kier molecular flexibility index (Phi) is 18.1. The average Bonchev–Trinajstić information content (AvgIpc) is 3.22. The fraction of sp³-hybridized carbons (Fsp3) is 0.420. The smallest absolute Gasteiger partial charge is 0.185 e. The number of ether oxygens (including phenoxy) is 2. The maximum atomic E-state index is 12.4. The molecule has 2 aliphatic carbocycles. The van der Waals surface area contributed by atoms with Crippen LogP contribution in [0.4, 0.5) is 0 Å². The van der Waals surface area contributed by atoms with Crippen LogP contribution in [0.2, 0.25) is 0 Å². The van der Waals surface area contributed by atoms with E-state index in [9.17, 15) is 24.6 Å². The minimum absolute atomic E-state index is 0.0443. The van der Waals surface area contributed by atoms with Gasteiger partial charge in [-0.05, 0) is 166 Å². The summed E-state index contributed by atoms with van der Waals surface area (Å²) in [6.07, 6.45) is 20.1. The number of hydrogen-bond donors (Lipinski definition) is 2. The molecule has 0 atom stereocenters. The summed E-state index contributed by atoms with van der Waals surface area (Å²) >= 11 is 0. The summed E-state index contributed by atoms with van der Waals surface area (Å²) in [6.45, 7) is 10.4. The molecule has 6 rings (SSSR count). The Hall–Kier alpha value is -5.17. The number of Topliss-reactive ketones (excluding diaryl/α,β-unsaturated/α-hetero) is 1. The molecule has 0 heterocycles. The third kappa shape index (κ3) is 15.0. The Labute approximate surface area is 340 Å². The molecule has 0 spiro atoms. The Morgan fingerprint density at radius 2 is 0.982 bits per heavy atom. The van der Waals surface area contributed by atoms with Gasteiger partial charge in [-0.2, -0.15) is 0 Å². The lowest BCUT2D eigenvalue weighted by molar-refractivity contribution is 0.101. The lowest BCUT2D eigenvalue weighted by Gasteiger charge is -2.21. The molecule has 2 N–H and O–H groups in total. The van der Waals surface area contributed by atoms with Crippen molar-refractivity contribution in [3.63, 3.8) is 0 Å². The monoisotopic (exact) mass is 774 g/mol. The Morgan fingerprint density at radius 3 is 1.37 bits per heavy atom. The maximum absolute atomic E-state index is 12.4. The van der Waals surface area contributed by atoms with Gasteiger partial charge in [0, 0.05) is 16.7 Å². The number of allylic oxidation sites excluding steroid dienone is 1. The summed E-state index contributed by atoms with van der Waals surface area (Å²) in [4.78, 5) is 33.9. The topological polar surface area (TPSA) is 110 Å². The molecule has 0 saturated heterocycles. The molecule has 4 aromatic rings. The quantitative estimate of drug-likeness (QED) is 0.0790. The SMILES string of the molecule is CC(=O)c1ccc(OCCC2CCCCC2)cc1.Cc1cc(/C=C/C(=O)c2ccc(OCCC3CCCCC3)cc2)cc(C)c1O.Cc1cc(C=O)cc(C)c1O. The molecule has 0 amide bonds. The van der Waals surface area contributed by atoms with Crippen LogP contribution in [0.25, 0.3) is 6.08 Å². The van der Waals surface area contributed by atoms with Crippen LogP contribution in [0.1, 0.15) is 143 Å². The highest BCUT2D eigenvalue weighted by Crippen LogP contribution is 2.28. The minimum Gasteiger partial charge on any atom is -0.507 e. The molecule has 57 heavy (non-hydrogen) atoms. The first-order valence-corrected chi connectivity index (χ1v) is 20.7. The first-order valence-electron chi connectivity index (χ1n) is 20.7. The highest BCUT2D eigenvalue weighted by molar-refractivity contribution is 6.06. The van der Waals surface area contributed by atoms with Crippen LogP contribution < -0.4 is 9.47 Å². The van der Waals surface area contributed by atoms with E-state index >= 15 is 0 Å². The van der Waals surface area contributed by atoms with Crippen LogP contribution in [0.15, 0.2) is 78.9 Å². The summed E-state index contributed by atoms with van der Waals surface area (Å²) in [5.41, 5.74) is 6.00. The third-order valence-corrected chi connectivity index (χ3v) is 11.0. The third-order valence-electron chi connectivity index (χ3n) is 11.0. The van der Waals surface area contributed by atoms with Crippen LogP contribution in [0, 0.1) is 39.5 Å². The number of rotatable bonds is 13. The number of phenolic OH excluding ortho intramolecular Hbond substituents is 2. The van der Waals surface area contributed by atoms with Gasteiger partial charge in [-0.1, -0.05) is 70.3 Å². The van der Waals surface area contributed by atoms with E-state index in [0.29, 0.717) is 16.9 Å². The first kappa shape index (κ1) is 44.5. The average molecular weight is 775 g/mol. The van der Waals surface area contributed by atoms with Gasteiger partial charge < -0.3 is 19.7 Å². The molecular weight excluding hydrogens is 713 g/mol. The van der Waals surface area contributed by atoms with Crippen molar-refractivity contribution < 1.29 is 34.1 Å². The van der Waals surface area contributed by atoms with Crippen molar-refractivity contribution in [2.45, 2.75) is 112 Å². The molecule has 304 valence electrons. The Bertz CT molecular complexity index is 1870. The second kappa shape index (κ2) is 23.2. The lowest BCUT2D eigenvalue weighted by Crippen LogP contribution is -2.10. The minimum atomic E-state index is -0.0443. The first-order chi connectivity index (χ1) is 27.4. The molecule has 0 aliphatic heterocycles. The number of ketones is 2. The summed E-state index contributed by atoms with van der Waals surface area (Å²) in [5, 5.41) is 19.2. The Balaban J connectivity index is 0.000000211. The van der Waals surface area contributed by atoms with E-state index in [1.165, 1.54) is 64.2 Å². The summed E-state index contributed by atoms with van der Waals surface area (Å²) in [6, 6.07) is 21.9. The van der Waals surface area contributed by atoms with Crippen molar-refractivity contribution in [2.75, 3.05) is 13.2 Å². The number of carbonyl (C=O) groups excluding carboxylic acids is 3. The van der Waals surface area contributed by atoms with Gasteiger partial charge in [-0.3, -0.25) is 14.4 Å². The van der Waals surface area contributed by atoms with E-state index in [0.717, 1.165) is 89.1 Å². The summed E-state index contributed by atoms with van der Waals surface area (Å²) < 4.78 is 11.6. The van der Waals surface area contributed by atoms with Crippen LogP contribution in [0.3, 0.4) is 0 Å². The molecule has 0 unspecified atom stereocenters. The van der Waals surface area contributed by atoms with Crippen molar-refractivity contribution in [3.05, 3.63) is 123 Å². The van der Waals surface area contributed by atoms with Crippen LogP contribution >= 0.6 is 0 Å². The van der Waals surface area contributed by atoms with Gasteiger partial charge in [-0.15, -0.1) is 0 Å². The molecule has 4 aromatic carbocycles. The zero-order chi connectivity index (χ0) is 41.2. The molecule has 7 nitrogen and oxygen atoms in total. The number of phenols is 2. The van der Waals surface area contributed by atoms with Gasteiger partial charge in [0.2, 0.25) is 0 Å². The second-order valence-corrected chi connectivity index (χ2v) is 15.7. The number of aryl methyl sites for hydroxylation is 4. The number of benzene rings is 4. The zero-order valence-corrected chi connectivity index (χ0v) is 34.7. The lowest BCUT2D eigenvalue weighted by atomic mass is 9.87. The largest absolute Gasteiger partial charge is 0.507 e. The van der Waals surface area contributed by atoms with E-state index in [1.807, 2.05) is 74.5 Å². The Morgan fingerprint density at radius 1 is 0.596 bits per heavy atom. The van der Waals surface area contributed by atoms with Crippen molar-refractivity contribution in [3.8, 4) is 23.0 Å². The van der Waals surface area contributed by atoms with Crippen molar-refractivity contribution in [1.29, 1.82) is 0 Å². The summed E-state index contributed by atoms with van der Waals surface area (Å²) in [7, 11) is 0. The number of aldehydes is 1. The van der Waals surface area contributed by atoms with Gasteiger partial charge >= 0.3 is 0 Å². The number of carbonyl (C=O) groups is 3. The molecule has 7 heteroatoms. The number of aromatic hydroxyl groups is 2.